The average molecular weight is 351 g/mol. The van der Waals surface area contributed by atoms with Crippen LogP contribution in [0.25, 0.3) is 0 Å². The van der Waals surface area contributed by atoms with E-state index >= 15 is 0 Å². The molecule has 1 aliphatic rings. The molecule has 0 unspecified atom stereocenters. The van der Waals surface area contributed by atoms with Gasteiger partial charge in [0.05, 0.1) is 4.90 Å². The SMILES string of the molecule is O=C(NC1CC1)c1cccc(NS(=O)(=O)c2cccc(Cl)c2)c1. The molecule has 0 bridgehead atoms. The number of halogens is 1. The van der Waals surface area contributed by atoms with Crippen LogP contribution in [0.4, 0.5) is 5.69 Å². The van der Waals surface area contributed by atoms with Crippen LogP contribution >= 0.6 is 11.6 Å². The van der Waals surface area contributed by atoms with Gasteiger partial charge < -0.3 is 5.32 Å². The Morgan fingerprint density at radius 2 is 1.83 bits per heavy atom. The number of nitrogens with one attached hydrogen (secondary N) is 2. The zero-order chi connectivity index (χ0) is 16.4. The molecule has 2 N–H and O–H groups in total. The molecule has 0 radical (unpaired) electrons. The molecule has 5 nitrogen and oxygen atoms in total. The van der Waals surface area contributed by atoms with Crippen molar-refractivity contribution in [1.82, 2.24) is 5.32 Å². The molecule has 23 heavy (non-hydrogen) atoms. The molecule has 0 spiro atoms. The topological polar surface area (TPSA) is 75.3 Å². The summed E-state index contributed by atoms with van der Waals surface area (Å²) < 4.78 is 27.2. The predicted molar refractivity (Wildman–Crippen MR) is 89.2 cm³/mol. The van der Waals surface area contributed by atoms with Crippen LogP contribution in [0.2, 0.25) is 5.02 Å². The minimum absolute atomic E-state index is 0.0674. The Bertz CT molecular complexity index is 848. The molecular formula is C16H15ClN2O3S. The van der Waals surface area contributed by atoms with Crippen molar-refractivity contribution in [2.45, 2.75) is 23.8 Å². The largest absolute Gasteiger partial charge is 0.349 e. The van der Waals surface area contributed by atoms with Gasteiger partial charge in [0.25, 0.3) is 15.9 Å². The Balaban J connectivity index is 1.80. The van der Waals surface area contributed by atoms with Crippen molar-refractivity contribution in [3.63, 3.8) is 0 Å². The van der Waals surface area contributed by atoms with Crippen LogP contribution < -0.4 is 10.0 Å². The van der Waals surface area contributed by atoms with Crippen molar-refractivity contribution >= 4 is 33.2 Å². The van der Waals surface area contributed by atoms with E-state index < -0.39 is 10.0 Å². The third-order valence-corrected chi connectivity index (χ3v) is 5.01. The van der Waals surface area contributed by atoms with E-state index in [-0.39, 0.29) is 16.8 Å². The van der Waals surface area contributed by atoms with Crippen LogP contribution in [0.3, 0.4) is 0 Å². The van der Waals surface area contributed by atoms with E-state index in [1.165, 1.54) is 18.2 Å². The highest BCUT2D eigenvalue weighted by Crippen LogP contribution is 2.22. The molecule has 3 rings (SSSR count). The first kappa shape index (κ1) is 15.8. The van der Waals surface area contributed by atoms with Crippen LogP contribution in [-0.2, 0) is 10.0 Å². The van der Waals surface area contributed by atoms with Gasteiger partial charge in [-0.05, 0) is 49.2 Å². The Hall–Kier alpha value is -2.05. The second kappa shape index (κ2) is 6.22. The van der Waals surface area contributed by atoms with Crippen molar-refractivity contribution in [2.24, 2.45) is 0 Å². The van der Waals surface area contributed by atoms with Gasteiger partial charge in [0.15, 0.2) is 0 Å². The van der Waals surface area contributed by atoms with E-state index in [2.05, 4.69) is 10.0 Å². The van der Waals surface area contributed by atoms with E-state index in [1.807, 2.05) is 0 Å². The van der Waals surface area contributed by atoms with Crippen molar-refractivity contribution in [2.75, 3.05) is 4.72 Å². The summed E-state index contributed by atoms with van der Waals surface area (Å²) in [5, 5.41) is 3.20. The number of hydrogen-bond acceptors (Lipinski definition) is 3. The van der Waals surface area contributed by atoms with Crippen LogP contribution in [0.15, 0.2) is 53.4 Å². The van der Waals surface area contributed by atoms with E-state index in [9.17, 15) is 13.2 Å². The zero-order valence-corrected chi connectivity index (χ0v) is 13.7. The maximum absolute atomic E-state index is 12.4. The monoisotopic (exact) mass is 350 g/mol. The standard InChI is InChI=1S/C16H15ClN2O3S/c17-12-4-2-6-15(10-12)23(21,22)19-14-5-1-3-11(9-14)16(20)18-13-7-8-13/h1-6,9-10,13,19H,7-8H2,(H,18,20). The third kappa shape index (κ3) is 4.03. The lowest BCUT2D eigenvalue weighted by atomic mass is 10.2. The Morgan fingerprint density at radius 1 is 1.09 bits per heavy atom. The molecule has 0 aliphatic heterocycles. The summed E-state index contributed by atoms with van der Waals surface area (Å²) in [5.41, 5.74) is 0.747. The number of carbonyl (C=O) groups excluding carboxylic acids is 1. The number of benzene rings is 2. The summed E-state index contributed by atoms with van der Waals surface area (Å²) in [7, 11) is -3.76. The number of hydrogen-bond donors (Lipinski definition) is 2. The smallest absolute Gasteiger partial charge is 0.261 e. The summed E-state index contributed by atoms with van der Waals surface area (Å²) in [6.07, 6.45) is 1.99. The molecule has 0 aromatic heterocycles. The van der Waals surface area contributed by atoms with Crippen LogP contribution in [0.5, 0.6) is 0 Å². The fraction of sp³-hybridized carbons (Fsp3) is 0.188. The van der Waals surface area contributed by atoms with Crippen molar-refractivity contribution in [3.8, 4) is 0 Å². The van der Waals surface area contributed by atoms with Crippen LogP contribution in [0.1, 0.15) is 23.2 Å². The van der Waals surface area contributed by atoms with Gasteiger partial charge in [-0.15, -0.1) is 0 Å². The lowest BCUT2D eigenvalue weighted by molar-refractivity contribution is 0.0951. The normalized spacial score (nSPS) is 14.3. The fourth-order valence-electron chi connectivity index (χ4n) is 2.07. The first-order chi connectivity index (χ1) is 10.9. The van der Waals surface area contributed by atoms with Gasteiger partial charge in [-0.3, -0.25) is 9.52 Å². The lowest BCUT2D eigenvalue weighted by Crippen LogP contribution is -2.25. The van der Waals surface area contributed by atoms with Gasteiger partial charge >= 0.3 is 0 Å². The molecule has 1 amide bonds. The van der Waals surface area contributed by atoms with E-state index in [1.54, 1.807) is 30.3 Å². The fourth-order valence-corrected chi connectivity index (χ4v) is 3.42. The maximum atomic E-state index is 12.4. The summed E-state index contributed by atoms with van der Waals surface area (Å²) in [6, 6.07) is 12.6. The highest BCUT2D eigenvalue weighted by atomic mass is 35.5. The summed E-state index contributed by atoms with van der Waals surface area (Å²) in [6.45, 7) is 0. The second-order valence-corrected chi connectivity index (χ2v) is 7.51. The van der Waals surface area contributed by atoms with Crippen LogP contribution in [0, 0.1) is 0 Å². The summed E-state index contributed by atoms with van der Waals surface area (Å²) >= 11 is 5.83. The molecule has 0 atom stereocenters. The Labute approximate surface area is 139 Å². The van der Waals surface area contributed by atoms with E-state index in [0.29, 0.717) is 16.3 Å². The highest BCUT2D eigenvalue weighted by molar-refractivity contribution is 7.92. The van der Waals surface area contributed by atoms with Gasteiger partial charge in [0.1, 0.15) is 0 Å². The number of carbonyl (C=O) groups is 1. The van der Waals surface area contributed by atoms with Crippen molar-refractivity contribution in [3.05, 3.63) is 59.1 Å². The summed E-state index contributed by atoms with van der Waals surface area (Å²) in [4.78, 5) is 12.1. The molecule has 1 fully saturated rings. The van der Waals surface area contributed by atoms with Gasteiger partial charge in [-0.25, -0.2) is 8.42 Å². The molecule has 0 heterocycles. The molecule has 0 saturated heterocycles. The first-order valence-electron chi connectivity index (χ1n) is 7.13. The molecule has 7 heteroatoms. The second-order valence-electron chi connectivity index (χ2n) is 5.39. The first-order valence-corrected chi connectivity index (χ1v) is 8.99. The lowest BCUT2D eigenvalue weighted by Gasteiger charge is -2.10. The highest BCUT2D eigenvalue weighted by Gasteiger charge is 2.24. The van der Waals surface area contributed by atoms with Gasteiger partial charge in [0.2, 0.25) is 0 Å². The van der Waals surface area contributed by atoms with E-state index in [0.717, 1.165) is 12.8 Å². The number of rotatable bonds is 5. The molecule has 2 aromatic rings. The van der Waals surface area contributed by atoms with E-state index in [4.69, 9.17) is 11.6 Å². The van der Waals surface area contributed by atoms with Gasteiger partial charge in [-0.1, -0.05) is 23.7 Å². The van der Waals surface area contributed by atoms with Crippen LogP contribution in [-0.4, -0.2) is 20.4 Å². The zero-order valence-electron chi connectivity index (χ0n) is 12.1. The van der Waals surface area contributed by atoms with Gasteiger partial charge in [-0.2, -0.15) is 0 Å². The van der Waals surface area contributed by atoms with Crippen molar-refractivity contribution < 1.29 is 13.2 Å². The summed E-state index contributed by atoms with van der Waals surface area (Å²) in [5.74, 6) is -0.198. The molecule has 120 valence electrons. The number of anilines is 1. The molecule has 1 saturated carbocycles. The van der Waals surface area contributed by atoms with Gasteiger partial charge in [0, 0.05) is 22.3 Å². The number of sulfonamides is 1. The Kier molecular flexibility index (Phi) is 4.28. The maximum Gasteiger partial charge on any atom is 0.261 e. The minimum atomic E-state index is -3.76. The molecule has 1 aliphatic carbocycles. The quantitative estimate of drug-likeness (QED) is 0.870. The Morgan fingerprint density at radius 3 is 2.52 bits per heavy atom. The molecular weight excluding hydrogens is 336 g/mol. The molecule has 2 aromatic carbocycles. The third-order valence-electron chi connectivity index (χ3n) is 3.40. The number of amides is 1. The average Bonchev–Trinajstić information content (AvgIpc) is 3.31. The predicted octanol–water partition coefficient (Wildman–Crippen LogP) is 3.03. The minimum Gasteiger partial charge on any atom is -0.349 e. The van der Waals surface area contributed by atoms with Crippen molar-refractivity contribution in [1.29, 1.82) is 0 Å².